The zero-order chi connectivity index (χ0) is 27.0. The van der Waals surface area contributed by atoms with E-state index >= 15 is 0 Å². The van der Waals surface area contributed by atoms with Crippen molar-refractivity contribution in [1.29, 1.82) is 0 Å². The molecule has 0 fully saturated rings. The maximum atomic E-state index is 13.9. The molecular weight excluding hydrogens is 554 g/mol. The van der Waals surface area contributed by atoms with Crippen LogP contribution in [0.5, 0.6) is 0 Å². The van der Waals surface area contributed by atoms with Gasteiger partial charge in [0.25, 0.3) is 0 Å². The molecule has 0 aliphatic heterocycles. The van der Waals surface area contributed by atoms with Gasteiger partial charge in [0.15, 0.2) is 0 Å². The number of nitrogens with one attached hydrogen (secondary N) is 1. The number of benzene rings is 3. The predicted octanol–water partition coefficient (Wildman–Crippen LogP) is 4.16. The SMILES string of the molecule is CCc1ccccc1N(CC(=O)N(Cc1cccc(Br)c1)[C@@H](Cc1ccccc1)C(=O)NC)S(C)(=O)=O. The second-order valence-corrected chi connectivity index (χ2v) is 11.5. The topological polar surface area (TPSA) is 86.8 Å². The highest BCUT2D eigenvalue weighted by atomic mass is 79.9. The Labute approximate surface area is 227 Å². The van der Waals surface area contributed by atoms with Gasteiger partial charge in [0.1, 0.15) is 12.6 Å². The minimum atomic E-state index is -3.79. The Hall–Kier alpha value is -3.17. The fraction of sp³-hybridized carbons (Fsp3) is 0.286. The number of carbonyl (C=O) groups excluding carboxylic acids is 2. The molecule has 37 heavy (non-hydrogen) atoms. The molecule has 1 atom stereocenters. The van der Waals surface area contributed by atoms with Crippen LogP contribution in [0.3, 0.4) is 0 Å². The molecule has 2 amide bonds. The van der Waals surface area contributed by atoms with E-state index in [9.17, 15) is 18.0 Å². The first kappa shape index (κ1) is 28.4. The Kier molecular flexibility index (Phi) is 9.88. The fourth-order valence-corrected chi connectivity index (χ4v) is 5.53. The third kappa shape index (κ3) is 7.66. The second kappa shape index (κ2) is 12.9. The summed E-state index contributed by atoms with van der Waals surface area (Å²) >= 11 is 3.47. The van der Waals surface area contributed by atoms with Crippen molar-refractivity contribution in [3.8, 4) is 0 Å². The fourth-order valence-electron chi connectivity index (χ4n) is 4.20. The zero-order valence-corrected chi connectivity index (χ0v) is 23.6. The van der Waals surface area contributed by atoms with Gasteiger partial charge in [0.2, 0.25) is 21.8 Å². The van der Waals surface area contributed by atoms with Crippen molar-refractivity contribution in [2.75, 3.05) is 24.2 Å². The molecule has 0 heterocycles. The first-order valence-corrected chi connectivity index (χ1v) is 14.6. The molecular formula is C28H32BrN3O4S. The molecule has 0 aliphatic rings. The van der Waals surface area contributed by atoms with Gasteiger partial charge in [-0.3, -0.25) is 13.9 Å². The molecule has 1 N–H and O–H groups in total. The van der Waals surface area contributed by atoms with E-state index < -0.39 is 28.5 Å². The van der Waals surface area contributed by atoms with Gasteiger partial charge in [-0.25, -0.2) is 8.42 Å². The number of aryl methyl sites for hydroxylation is 1. The minimum Gasteiger partial charge on any atom is -0.357 e. The lowest BCUT2D eigenvalue weighted by Gasteiger charge is -2.33. The van der Waals surface area contributed by atoms with Crippen LogP contribution in [0.4, 0.5) is 5.69 Å². The zero-order valence-electron chi connectivity index (χ0n) is 21.2. The largest absolute Gasteiger partial charge is 0.357 e. The number of hydrogen-bond donors (Lipinski definition) is 1. The van der Waals surface area contributed by atoms with Crippen molar-refractivity contribution in [3.63, 3.8) is 0 Å². The average molecular weight is 587 g/mol. The van der Waals surface area contributed by atoms with Gasteiger partial charge in [0, 0.05) is 24.5 Å². The predicted molar refractivity (Wildman–Crippen MR) is 151 cm³/mol. The van der Waals surface area contributed by atoms with Gasteiger partial charge in [-0.05, 0) is 41.3 Å². The summed E-state index contributed by atoms with van der Waals surface area (Å²) in [5.41, 5.74) is 2.97. The Morgan fingerprint density at radius 2 is 1.59 bits per heavy atom. The number of carbonyl (C=O) groups is 2. The number of rotatable bonds is 11. The number of likely N-dealkylation sites (N-methyl/N-ethyl adjacent to an activating group) is 1. The highest BCUT2D eigenvalue weighted by Crippen LogP contribution is 2.25. The normalized spacial score (nSPS) is 12.0. The molecule has 3 aromatic rings. The molecule has 0 spiro atoms. The lowest BCUT2D eigenvalue weighted by atomic mass is 10.0. The van der Waals surface area contributed by atoms with Crippen LogP contribution in [-0.4, -0.2) is 51.0 Å². The van der Waals surface area contributed by atoms with Gasteiger partial charge >= 0.3 is 0 Å². The smallest absolute Gasteiger partial charge is 0.244 e. The van der Waals surface area contributed by atoms with E-state index in [1.165, 1.54) is 11.9 Å². The molecule has 0 saturated heterocycles. The van der Waals surface area contributed by atoms with E-state index in [1.54, 1.807) is 12.1 Å². The number of para-hydroxylation sites is 1. The molecule has 196 valence electrons. The summed E-state index contributed by atoms with van der Waals surface area (Å²) in [7, 11) is -2.26. The molecule has 3 aromatic carbocycles. The van der Waals surface area contributed by atoms with Gasteiger partial charge < -0.3 is 10.2 Å². The summed E-state index contributed by atoms with van der Waals surface area (Å²) in [6.07, 6.45) is 1.98. The average Bonchev–Trinajstić information content (AvgIpc) is 2.88. The van der Waals surface area contributed by atoms with Crippen molar-refractivity contribution in [1.82, 2.24) is 10.2 Å². The molecule has 9 heteroatoms. The van der Waals surface area contributed by atoms with Crippen LogP contribution in [0, 0.1) is 0 Å². The Bertz CT molecular complexity index is 1330. The maximum absolute atomic E-state index is 13.9. The van der Waals surface area contributed by atoms with Crippen LogP contribution in [0.2, 0.25) is 0 Å². The molecule has 0 bridgehead atoms. The van der Waals surface area contributed by atoms with Crippen molar-refractivity contribution in [2.45, 2.75) is 32.4 Å². The van der Waals surface area contributed by atoms with Gasteiger partial charge in [-0.15, -0.1) is 0 Å². The van der Waals surface area contributed by atoms with E-state index in [-0.39, 0.29) is 18.9 Å². The summed E-state index contributed by atoms with van der Waals surface area (Å²) < 4.78 is 27.7. The number of anilines is 1. The lowest BCUT2D eigenvalue weighted by molar-refractivity contribution is -0.139. The van der Waals surface area contributed by atoms with Crippen molar-refractivity contribution in [2.24, 2.45) is 0 Å². The molecule has 0 aliphatic carbocycles. The summed E-state index contributed by atoms with van der Waals surface area (Å²) in [5, 5.41) is 2.68. The Morgan fingerprint density at radius 1 is 0.946 bits per heavy atom. The van der Waals surface area contributed by atoms with E-state index in [2.05, 4.69) is 21.2 Å². The standard InChI is InChI=1S/C28H32BrN3O4S/c1-4-23-14-8-9-16-25(23)32(37(3,35)36)20-27(33)31(19-22-13-10-15-24(29)17-22)26(28(34)30-2)18-21-11-6-5-7-12-21/h5-17,26H,4,18-20H2,1-3H3,(H,30,34)/t26-/m0/s1. The van der Waals surface area contributed by atoms with Gasteiger partial charge in [-0.2, -0.15) is 0 Å². The number of sulfonamides is 1. The summed E-state index contributed by atoms with van der Waals surface area (Å²) in [4.78, 5) is 28.5. The monoisotopic (exact) mass is 585 g/mol. The Morgan fingerprint density at radius 3 is 2.22 bits per heavy atom. The first-order chi connectivity index (χ1) is 17.6. The van der Waals surface area contributed by atoms with Crippen LogP contribution in [0.1, 0.15) is 23.6 Å². The molecule has 0 saturated carbocycles. The van der Waals surface area contributed by atoms with E-state index in [4.69, 9.17) is 0 Å². The molecule has 0 unspecified atom stereocenters. The van der Waals surface area contributed by atoms with Gasteiger partial charge in [-0.1, -0.05) is 83.5 Å². The second-order valence-electron chi connectivity index (χ2n) is 8.72. The number of hydrogen-bond acceptors (Lipinski definition) is 4. The maximum Gasteiger partial charge on any atom is 0.244 e. The van der Waals surface area contributed by atoms with Crippen LogP contribution in [-0.2, 0) is 39.0 Å². The van der Waals surface area contributed by atoms with Gasteiger partial charge in [0.05, 0.1) is 11.9 Å². The van der Waals surface area contributed by atoms with Crippen LogP contribution >= 0.6 is 15.9 Å². The molecule has 0 aromatic heterocycles. The van der Waals surface area contributed by atoms with Crippen molar-refractivity contribution in [3.05, 3.63) is 100 Å². The number of halogens is 1. The van der Waals surface area contributed by atoms with Crippen molar-refractivity contribution < 1.29 is 18.0 Å². The van der Waals surface area contributed by atoms with Crippen molar-refractivity contribution >= 4 is 43.5 Å². The molecule has 3 rings (SSSR count). The highest BCUT2D eigenvalue weighted by Gasteiger charge is 2.33. The number of nitrogens with zero attached hydrogens (tertiary/aromatic N) is 2. The summed E-state index contributed by atoms with van der Waals surface area (Å²) in [6, 6.07) is 23.2. The lowest BCUT2D eigenvalue weighted by Crippen LogP contribution is -2.53. The van der Waals surface area contributed by atoms with Crippen LogP contribution in [0.25, 0.3) is 0 Å². The van der Waals surface area contributed by atoms with E-state index in [0.717, 1.165) is 31.7 Å². The first-order valence-electron chi connectivity index (χ1n) is 12.0. The van der Waals surface area contributed by atoms with E-state index in [1.807, 2.05) is 73.7 Å². The summed E-state index contributed by atoms with van der Waals surface area (Å²) in [5.74, 6) is -0.798. The van der Waals surface area contributed by atoms with Crippen LogP contribution in [0.15, 0.2) is 83.3 Å². The number of amides is 2. The Balaban J connectivity index is 2.05. The third-order valence-corrected chi connectivity index (χ3v) is 7.70. The summed E-state index contributed by atoms with van der Waals surface area (Å²) in [6.45, 7) is 1.64. The quantitative estimate of drug-likeness (QED) is 0.366. The highest BCUT2D eigenvalue weighted by molar-refractivity contribution is 9.10. The minimum absolute atomic E-state index is 0.135. The molecule has 7 nitrogen and oxygen atoms in total. The van der Waals surface area contributed by atoms with Crippen LogP contribution < -0.4 is 9.62 Å². The van der Waals surface area contributed by atoms with E-state index in [0.29, 0.717) is 12.1 Å². The third-order valence-electron chi connectivity index (χ3n) is 6.08. The molecule has 0 radical (unpaired) electrons.